The third kappa shape index (κ3) is 1.75. The van der Waals surface area contributed by atoms with Crippen molar-refractivity contribution >= 4 is 31.0 Å². The molecule has 2 aliphatic rings. The Kier molecular flexibility index (Phi) is 2.59. The molecule has 2 unspecified atom stereocenters. The topological polar surface area (TPSA) is 0 Å². The molecule has 0 aliphatic heterocycles. The normalized spacial score (nSPS) is 38.5. The molecule has 0 aromatic heterocycles. The van der Waals surface area contributed by atoms with Crippen LogP contribution in [0.2, 0.25) is 0 Å². The predicted molar refractivity (Wildman–Crippen MR) is 65.9 cm³/mol. The summed E-state index contributed by atoms with van der Waals surface area (Å²) in [5.74, 6) is 1.68. The number of hydrogen-bond acceptors (Lipinski definition) is 0. The van der Waals surface area contributed by atoms with Crippen molar-refractivity contribution in [1.82, 2.24) is 0 Å². The molecule has 3 rings (SSSR count). The summed E-state index contributed by atoms with van der Waals surface area (Å²) in [5.41, 5.74) is 0. The van der Waals surface area contributed by atoms with Crippen LogP contribution in [0.3, 0.4) is 0 Å². The van der Waals surface area contributed by atoms with Gasteiger partial charge in [0.1, 0.15) is 0 Å². The summed E-state index contributed by atoms with van der Waals surface area (Å²) in [7, 11) is 0. The first-order chi connectivity index (χ1) is 7.31. The van der Waals surface area contributed by atoms with Gasteiger partial charge in [-0.1, -0.05) is 0 Å². The molecule has 2 saturated carbocycles. The van der Waals surface area contributed by atoms with Gasteiger partial charge in [-0.15, -0.1) is 0 Å². The van der Waals surface area contributed by atoms with Crippen LogP contribution in [0.5, 0.6) is 0 Å². The number of hydrogen-bond donors (Lipinski definition) is 0. The van der Waals surface area contributed by atoms with Gasteiger partial charge in [0.25, 0.3) is 0 Å². The molecule has 2 atom stereocenters. The third-order valence-corrected chi connectivity index (χ3v) is 7.64. The molecule has 2 fully saturated rings. The van der Waals surface area contributed by atoms with E-state index in [1.165, 1.54) is 30.1 Å². The molecule has 1 aromatic carbocycles. The SMILES string of the molecule is ClC1([Se]c2ccccc2)C2CCCCC21. The van der Waals surface area contributed by atoms with Crippen molar-refractivity contribution in [1.29, 1.82) is 0 Å². The second-order valence-corrected chi connectivity index (χ2v) is 8.58. The zero-order valence-corrected chi connectivity index (χ0v) is 11.1. The quantitative estimate of drug-likeness (QED) is 0.579. The van der Waals surface area contributed by atoms with Gasteiger partial charge in [-0.25, -0.2) is 0 Å². The van der Waals surface area contributed by atoms with Gasteiger partial charge in [-0.2, -0.15) is 0 Å². The van der Waals surface area contributed by atoms with E-state index in [9.17, 15) is 0 Å². The summed E-state index contributed by atoms with van der Waals surface area (Å²) in [5, 5.41) is 0. The summed E-state index contributed by atoms with van der Waals surface area (Å²) in [4.78, 5) is 0. The van der Waals surface area contributed by atoms with Crippen molar-refractivity contribution in [3.63, 3.8) is 0 Å². The first-order valence-electron chi connectivity index (χ1n) is 5.74. The van der Waals surface area contributed by atoms with E-state index >= 15 is 0 Å². The first kappa shape index (κ1) is 10.2. The van der Waals surface area contributed by atoms with E-state index in [-0.39, 0.29) is 3.77 Å². The fraction of sp³-hybridized carbons (Fsp3) is 0.538. The number of alkyl halides is 1. The molecule has 15 heavy (non-hydrogen) atoms. The fourth-order valence-electron chi connectivity index (χ4n) is 2.82. The van der Waals surface area contributed by atoms with Crippen molar-refractivity contribution in [2.45, 2.75) is 29.5 Å². The van der Waals surface area contributed by atoms with Gasteiger partial charge in [0.15, 0.2) is 0 Å². The Morgan fingerprint density at radius 2 is 1.67 bits per heavy atom. The third-order valence-electron chi connectivity index (χ3n) is 3.69. The molecule has 80 valence electrons. The summed E-state index contributed by atoms with van der Waals surface area (Å²) < 4.78 is 1.65. The van der Waals surface area contributed by atoms with Crippen LogP contribution < -0.4 is 4.46 Å². The molecule has 0 saturated heterocycles. The molecule has 0 radical (unpaired) electrons. The Labute approximate surface area is 103 Å². The molecular formula is C13H15ClSe. The summed E-state index contributed by atoms with van der Waals surface area (Å²) in [6.07, 6.45) is 5.56. The van der Waals surface area contributed by atoms with E-state index in [0.717, 1.165) is 11.8 Å². The predicted octanol–water partition coefficient (Wildman–Crippen LogP) is 2.77. The van der Waals surface area contributed by atoms with Crippen LogP contribution in [0.1, 0.15) is 25.7 Å². The average molecular weight is 286 g/mol. The molecular weight excluding hydrogens is 271 g/mol. The molecule has 0 amide bonds. The number of rotatable bonds is 2. The number of halogens is 1. The molecule has 2 aliphatic carbocycles. The minimum absolute atomic E-state index is 0.185. The average Bonchev–Trinajstić information content (AvgIpc) is 2.87. The van der Waals surface area contributed by atoms with Crippen molar-refractivity contribution in [2.24, 2.45) is 11.8 Å². The maximum atomic E-state index is 6.78. The zero-order chi connectivity index (χ0) is 10.3. The summed E-state index contributed by atoms with van der Waals surface area (Å²) in [6.45, 7) is 0. The van der Waals surface area contributed by atoms with E-state index in [0.29, 0.717) is 15.0 Å². The molecule has 2 heteroatoms. The molecule has 0 bridgehead atoms. The summed E-state index contributed by atoms with van der Waals surface area (Å²) >= 11 is 7.25. The van der Waals surface area contributed by atoms with E-state index < -0.39 is 0 Å². The van der Waals surface area contributed by atoms with Crippen molar-refractivity contribution < 1.29 is 0 Å². The van der Waals surface area contributed by atoms with E-state index in [1.54, 1.807) is 0 Å². The van der Waals surface area contributed by atoms with Gasteiger partial charge in [0, 0.05) is 0 Å². The van der Waals surface area contributed by atoms with Gasteiger partial charge in [-0.05, 0) is 0 Å². The van der Waals surface area contributed by atoms with Crippen molar-refractivity contribution in [3.05, 3.63) is 30.3 Å². The number of fused-ring (bicyclic) bond motifs is 1. The fourth-order valence-corrected chi connectivity index (χ4v) is 6.79. The van der Waals surface area contributed by atoms with Crippen LogP contribution in [0.25, 0.3) is 0 Å². The van der Waals surface area contributed by atoms with Crippen LogP contribution in [0.15, 0.2) is 30.3 Å². The maximum absolute atomic E-state index is 6.78. The van der Waals surface area contributed by atoms with Crippen LogP contribution in [0, 0.1) is 11.8 Å². The first-order valence-corrected chi connectivity index (χ1v) is 7.83. The Morgan fingerprint density at radius 3 is 2.27 bits per heavy atom. The molecule has 0 N–H and O–H groups in total. The molecule has 0 nitrogen and oxygen atoms in total. The molecule has 0 heterocycles. The van der Waals surface area contributed by atoms with Crippen LogP contribution in [-0.4, -0.2) is 18.7 Å². The van der Waals surface area contributed by atoms with Gasteiger partial charge in [0.05, 0.1) is 0 Å². The van der Waals surface area contributed by atoms with E-state index in [4.69, 9.17) is 11.6 Å². The molecule has 0 spiro atoms. The van der Waals surface area contributed by atoms with E-state index in [1.807, 2.05) is 0 Å². The summed E-state index contributed by atoms with van der Waals surface area (Å²) in [6, 6.07) is 10.8. The van der Waals surface area contributed by atoms with Crippen LogP contribution in [0.4, 0.5) is 0 Å². The van der Waals surface area contributed by atoms with Gasteiger partial charge in [0.2, 0.25) is 0 Å². The second kappa shape index (κ2) is 3.80. The van der Waals surface area contributed by atoms with Gasteiger partial charge in [-0.3, -0.25) is 0 Å². The monoisotopic (exact) mass is 286 g/mol. The standard InChI is InChI=1S/C13H15ClSe/c14-13(11-8-4-5-9-12(11)13)15-10-6-2-1-3-7-10/h1-3,6-7,11-12H,4-5,8-9H2. The van der Waals surface area contributed by atoms with E-state index in [2.05, 4.69) is 30.3 Å². The minimum atomic E-state index is 0.185. The van der Waals surface area contributed by atoms with Crippen LogP contribution in [-0.2, 0) is 0 Å². The van der Waals surface area contributed by atoms with Crippen LogP contribution >= 0.6 is 11.6 Å². The van der Waals surface area contributed by atoms with Gasteiger partial charge >= 0.3 is 103 Å². The zero-order valence-electron chi connectivity index (χ0n) is 8.66. The van der Waals surface area contributed by atoms with Crippen molar-refractivity contribution in [2.75, 3.05) is 0 Å². The Bertz CT molecular complexity index is 337. The van der Waals surface area contributed by atoms with Crippen molar-refractivity contribution in [3.8, 4) is 0 Å². The Balaban J connectivity index is 1.74. The number of benzene rings is 1. The van der Waals surface area contributed by atoms with Gasteiger partial charge < -0.3 is 0 Å². The molecule has 1 aromatic rings. The Hall–Kier alpha value is 0.0295. The second-order valence-electron chi connectivity index (χ2n) is 4.61. The Morgan fingerprint density at radius 1 is 1.07 bits per heavy atom.